The van der Waals surface area contributed by atoms with Crippen molar-refractivity contribution in [2.45, 2.75) is 23.8 Å². The second-order valence-corrected chi connectivity index (χ2v) is 6.38. The third-order valence-corrected chi connectivity index (χ3v) is 4.17. The van der Waals surface area contributed by atoms with E-state index >= 15 is 0 Å². The van der Waals surface area contributed by atoms with E-state index in [-0.39, 0.29) is 23.3 Å². The van der Waals surface area contributed by atoms with Gasteiger partial charge in [0.05, 0.1) is 11.8 Å². The zero-order valence-corrected chi connectivity index (χ0v) is 12.4. The van der Waals surface area contributed by atoms with Crippen LogP contribution in [0, 0.1) is 0 Å². The molecule has 4 N–H and O–H groups in total. The third kappa shape index (κ3) is 4.78. The van der Waals surface area contributed by atoms with Crippen molar-refractivity contribution < 1.29 is 17.9 Å². The lowest BCUT2D eigenvalue weighted by atomic mass is 10.1. The van der Waals surface area contributed by atoms with Gasteiger partial charge in [-0.3, -0.25) is 4.79 Å². The third-order valence-electron chi connectivity index (χ3n) is 3.20. The minimum Gasteiger partial charge on any atom is -0.368 e. The summed E-state index contributed by atoms with van der Waals surface area (Å²) in [6.45, 7) is 1.64. The summed E-state index contributed by atoms with van der Waals surface area (Å²) in [5, 5.41) is 10.8. The lowest BCUT2D eigenvalue weighted by molar-refractivity contribution is -0.123. The number of rotatable bonds is 5. The molecule has 1 aliphatic heterocycles. The molecule has 2 rings (SSSR count). The normalized spacial score (nSPS) is 16.6. The van der Waals surface area contributed by atoms with Crippen LogP contribution in [0.15, 0.2) is 29.2 Å². The van der Waals surface area contributed by atoms with Crippen molar-refractivity contribution in [2.75, 3.05) is 25.0 Å². The predicted molar refractivity (Wildman–Crippen MR) is 78.3 cm³/mol. The Kier molecular flexibility index (Phi) is 5.29. The molecule has 0 saturated carbocycles. The van der Waals surface area contributed by atoms with E-state index in [2.05, 4.69) is 10.6 Å². The summed E-state index contributed by atoms with van der Waals surface area (Å²) in [4.78, 5) is 11.7. The summed E-state index contributed by atoms with van der Waals surface area (Å²) in [6.07, 6.45) is 1.78. The maximum atomic E-state index is 11.8. The average molecular weight is 313 g/mol. The Morgan fingerprint density at radius 2 is 2.00 bits per heavy atom. The zero-order chi connectivity index (χ0) is 15.3. The Hall–Kier alpha value is -1.48. The second kappa shape index (κ2) is 6.99. The van der Waals surface area contributed by atoms with Gasteiger partial charge in [-0.15, -0.1) is 0 Å². The molecule has 1 fully saturated rings. The van der Waals surface area contributed by atoms with Gasteiger partial charge in [-0.25, -0.2) is 13.6 Å². The van der Waals surface area contributed by atoms with Gasteiger partial charge in [-0.1, -0.05) is 12.1 Å². The van der Waals surface area contributed by atoms with Gasteiger partial charge in [0.15, 0.2) is 0 Å². The fourth-order valence-corrected chi connectivity index (χ4v) is 2.85. The molecule has 8 heteroatoms. The van der Waals surface area contributed by atoms with Crippen molar-refractivity contribution in [1.29, 1.82) is 0 Å². The number of nitrogens with one attached hydrogen (secondary N) is 2. The van der Waals surface area contributed by atoms with Crippen LogP contribution < -0.4 is 15.8 Å². The van der Waals surface area contributed by atoms with Crippen molar-refractivity contribution in [2.24, 2.45) is 5.14 Å². The van der Waals surface area contributed by atoms with Crippen molar-refractivity contribution >= 4 is 21.6 Å². The van der Waals surface area contributed by atoms with Crippen LogP contribution in [0.25, 0.3) is 0 Å². The molecular formula is C13H19N3O4S. The highest BCUT2D eigenvalue weighted by molar-refractivity contribution is 7.89. The minimum atomic E-state index is -3.88. The van der Waals surface area contributed by atoms with Crippen molar-refractivity contribution in [3.8, 4) is 0 Å². The fourth-order valence-electron chi connectivity index (χ4n) is 2.16. The highest BCUT2D eigenvalue weighted by Gasteiger charge is 2.17. The smallest absolute Gasteiger partial charge is 0.250 e. The van der Waals surface area contributed by atoms with E-state index in [4.69, 9.17) is 9.88 Å². The minimum absolute atomic E-state index is 0.0606. The number of amides is 1. The largest absolute Gasteiger partial charge is 0.368 e. The molecular weight excluding hydrogens is 294 g/mol. The van der Waals surface area contributed by atoms with Crippen LogP contribution in [0.5, 0.6) is 0 Å². The van der Waals surface area contributed by atoms with Crippen LogP contribution in [0.3, 0.4) is 0 Å². The lowest BCUT2D eigenvalue weighted by Crippen LogP contribution is -2.34. The van der Waals surface area contributed by atoms with Crippen molar-refractivity contribution in [3.63, 3.8) is 0 Å². The van der Waals surface area contributed by atoms with E-state index in [0.29, 0.717) is 0 Å². The van der Waals surface area contributed by atoms with Gasteiger partial charge in [0.1, 0.15) is 11.5 Å². The van der Waals surface area contributed by atoms with Gasteiger partial charge >= 0.3 is 0 Å². The fraction of sp³-hybridized carbons (Fsp3) is 0.462. The summed E-state index contributed by atoms with van der Waals surface area (Å²) >= 11 is 0. The summed E-state index contributed by atoms with van der Waals surface area (Å²) in [6, 6.07) is 6.00. The van der Waals surface area contributed by atoms with E-state index in [9.17, 15) is 13.2 Å². The molecule has 0 radical (unpaired) electrons. The Bertz CT molecular complexity index is 597. The molecule has 7 nitrogen and oxygen atoms in total. The molecule has 0 aliphatic carbocycles. The monoisotopic (exact) mass is 313 g/mol. The predicted octanol–water partition coefficient (Wildman–Crippen LogP) is 0.0411. The van der Waals surface area contributed by atoms with E-state index in [1.807, 2.05) is 0 Å². The molecule has 0 spiro atoms. The summed E-state index contributed by atoms with van der Waals surface area (Å²) < 4.78 is 28.4. The molecule has 0 bridgehead atoms. The van der Waals surface area contributed by atoms with Crippen molar-refractivity contribution in [3.05, 3.63) is 24.3 Å². The topological polar surface area (TPSA) is 111 Å². The number of carbonyl (C=O) groups is 1. The first kappa shape index (κ1) is 15.9. The summed E-state index contributed by atoms with van der Waals surface area (Å²) in [7, 11) is -3.88. The molecule has 1 heterocycles. The highest BCUT2D eigenvalue weighted by Crippen LogP contribution is 2.19. The number of nitrogens with two attached hydrogens (primary N) is 1. The molecule has 0 atom stereocenters. The first-order valence-electron chi connectivity index (χ1n) is 6.71. The van der Waals surface area contributed by atoms with E-state index < -0.39 is 15.9 Å². The number of primary sulfonamides is 1. The number of ether oxygens (including phenoxy) is 1. The lowest BCUT2D eigenvalue weighted by Gasteiger charge is -2.22. The number of hydrogen-bond acceptors (Lipinski definition) is 5. The number of sulfonamides is 1. The number of hydrogen-bond donors (Lipinski definition) is 3. The van der Waals surface area contributed by atoms with Crippen LogP contribution in [-0.2, 0) is 19.6 Å². The van der Waals surface area contributed by atoms with Crippen LogP contribution in [0.4, 0.5) is 5.69 Å². The molecule has 21 heavy (non-hydrogen) atoms. The standard InChI is InChI=1S/C13H19N3O4S/c14-21(18,19)12-4-2-1-3-11(12)16-13(17)9-20-10-5-7-15-8-6-10/h1-4,10,15H,5-9H2,(H,16,17)(H2,14,18,19). The van der Waals surface area contributed by atoms with E-state index in [1.165, 1.54) is 12.1 Å². The number of benzene rings is 1. The molecule has 0 unspecified atom stereocenters. The molecule has 116 valence electrons. The Morgan fingerprint density at radius 1 is 1.33 bits per heavy atom. The first-order valence-corrected chi connectivity index (χ1v) is 8.25. The van der Waals surface area contributed by atoms with Crippen LogP contribution >= 0.6 is 0 Å². The quantitative estimate of drug-likeness (QED) is 0.711. The van der Waals surface area contributed by atoms with Crippen LogP contribution in [0.2, 0.25) is 0 Å². The van der Waals surface area contributed by atoms with Gasteiger partial charge in [-0.2, -0.15) is 0 Å². The van der Waals surface area contributed by atoms with Gasteiger partial charge in [-0.05, 0) is 38.1 Å². The van der Waals surface area contributed by atoms with Crippen LogP contribution in [0.1, 0.15) is 12.8 Å². The molecule has 0 aromatic heterocycles. The second-order valence-electron chi connectivity index (χ2n) is 4.85. The summed E-state index contributed by atoms with van der Waals surface area (Å²) in [5.74, 6) is -0.398. The molecule has 1 aromatic carbocycles. The van der Waals surface area contributed by atoms with Gasteiger partial charge in [0.2, 0.25) is 15.9 Å². The molecule has 1 aromatic rings. The Morgan fingerprint density at radius 3 is 2.67 bits per heavy atom. The average Bonchev–Trinajstić information content (AvgIpc) is 2.46. The molecule has 1 amide bonds. The Labute approximate surface area is 123 Å². The zero-order valence-electron chi connectivity index (χ0n) is 11.5. The number of para-hydroxylation sites is 1. The van der Waals surface area contributed by atoms with E-state index in [0.717, 1.165) is 25.9 Å². The maximum absolute atomic E-state index is 11.8. The SMILES string of the molecule is NS(=O)(=O)c1ccccc1NC(=O)COC1CCNCC1. The first-order chi connectivity index (χ1) is 9.97. The Balaban J connectivity index is 1.93. The number of anilines is 1. The number of piperidine rings is 1. The van der Waals surface area contributed by atoms with Crippen molar-refractivity contribution in [1.82, 2.24) is 5.32 Å². The van der Waals surface area contributed by atoms with Gasteiger partial charge < -0.3 is 15.4 Å². The van der Waals surface area contributed by atoms with Crippen LogP contribution in [-0.4, -0.2) is 40.1 Å². The van der Waals surface area contributed by atoms with Gasteiger partial charge in [0.25, 0.3) is 0 Å². The molecule has 1 aliphatic rings. The molecule has 1 saturated heterocycles. The maximum Gasteiger partial charge on any atom is 0.250 e. The summed E-state index contributed by atoms with van der Waals surface area (Å²) in [5.41, 5.74) is 0.166. The van der Waals surface area contributed by atoms with E-state index in [1.54, 1.807) is 12.1 Å². The van der Waals surface area contributed by atoms with Gasteiger partial charge in [0, 0.05) is 0 Å². The number of carbonyl (C=O) groups excluding carboxylic acids is 1. The highest BCUT2D eigenvalue weighted by atomic mass is 32.2.